The van der Waals surface area contributed by atoms with Crippen LogP contribution in [-0.2, 0) is 9.59 Å². The van der Waals surface area contributed by atoms with Crippen LogP contribution in [0.4, 0.5) is 0 Å². The number of rotatable bonds is 20. The third-order valence-corrected chi connectivity index (χ3v) is 6.49. The molecule has 1 aliphatic rings. The van der Waals surface area contributed by atoms with Gasteiger partial charge in [0.15, 0.2) is 0 Å². The third-order valence-electron chi connectivity index (χ3n) is 5.96. The van der Waals surface area contributed by atoms with Crippen LogP contribution >= 0.6 is 23.2 Å². The lowest BCUT2D eigenvalue weighted by molar-refractivity contribution is -0.127. The fourth-order valence-corrected chi connectivity index (χ4v) is 4.34. The van der Waals surface area contributed by atoms with Gasteiger partial charge in [-0.15, -0.1) is 23.2 Å². The first-order chi connectivity index (χ1) is 16.5. The van der Waals surface area contributed by atoms with Gasteiger partial charge in [-0.2, -0.15) is 0 Å². The molecule has 0 radical (unpaired) electrons. The minimum atomic E-state index is -0.153. The van der Waals surface area contributed by atoms with E-state index in [9.17, 15) is 9.59 Å². The highest BCUT2D eigenvalue weighted by Gasteiger charge is 2.17. The second-order valence-electron chi connectivity index (χ2n) is 9.38. The summed E-state index contributed by atoms with van der Waals surface area (Å²) in [6.45, 7) is 6.33. The first-order valence-corrected chi connectivity index (χ1v) is 15.3. The molecule has 34 heavy (non-hydrogen) atoms. The Morgan fingerprint density at radius 1 is 0.735 bits per heavy atom. The molecule has 2 amide bonds. The highest BCUT2D eigenvalue weighted by atomic mass is 35.5. The summed E-state index contributed by atoms with van der Waals surface area (Å²) in [6.07, 6.45) is 24.7. The van der Waals surface area contributed by atoms with Gasteiger partial charge in [0.2, 0.25) is 11.8 Å². The van der Waals surface area contributed by atoms with Crippen LogP contribution in [-0.4, -0.2) is 41.6 Å². The van der Waals surface area contributed by atoms with Crippen LogP contribution in [0, 0.1) is 0 Å². The molecule has 0 saturated carbocycles. The summed E-state index contributed by atoms with van der Waals surface area (Å²) in [7, 11) is 0. The van der Waals surface area contributed by atoms with Crippen molar-refractivity contribution in [2.75, 3.05) is 24.8 Å². The number of likely N-dealkylation sites (tertiary alicyclic amines) is 1. The normalized spacial score (nSPS) is 12.7. The summed E-state index contributed by atoms with van der Waals surface area (Å²) in [4.78, 5) is 23.4. The highest BCUT2D eigenvalue weighted by molar-refractivity contribution is 6.20. The van der Waals surface area contributed by atoms with E-state index in [-0.39, 0.29) is 5.91 Å². The van der Waals surface area contributed by atoms with Gasteiger partial charge in [-0.25, -0.2) is 0 Å². The molecule has 6 heteroatoms. The molecule has 1 heterocycles. The van der Waals surface area contributed by atoms with Crippen LogP contribution in [0.15, 0.2) is 0 Å². The van der Waals surface area contributed by atoms with Crippen LogP contribution in [0.2, 0.25) is 0 Å². The van der Waals surface area contributed by atoms with Crippen molar-refractivity contribution in [3.63, 3.8) is 0 Å². The van der Waals surface area contributed by atoms with Gasteiger partial charge >= 0.3 is 0 Å². The van der Waals surface area contributed by atoms with E-state index < -0.39 is 0 Å². The van der Waals surface area contributed by atoms with Gasteiger partial charge in [0, 0.05) is 37.7 Å². The maximum Gasteiger partial charge on any atom is 0.222 e. The first-order valence-electron chi connectivity index (χ1n) is 14.2. The Morgan fingerprint density at radius 2 is 1.18 bits per heavy atom. The Hall–Kier alpha value is -0.480. The second kappa shape index (κ2) is 30.6. The molecule has 1 aliphatic heterocycles. The number of nitrogens with zero attached hydrogens (tertiary/aromatic N) is 1. The Bertz CT molecular complexity index is 435. The monoisotopic (exact) mass is 522 g/mol. The predicted octanol–water partition coefficient (Wildman–Crippen LogP) is 8.61. The number of primary amides is 1. The number of hydrogen-bond donors (Lipinski definition) is 1. The van der Waals surface area contributed by atoms with E-state index in [0.717, 1.165) is 45.2 Å². The zero-order chi connectivity index (χ0) is 25.7. The van der Waals surface area contributed by atoms with Crippen molar-refractivity contribution in [1.29, 1.82) is 0 Å². The SMILES string of the molecule is CCCCCCCCCCCCCCCCCC(N)=O.CCCN1CCCC1=O.ClCCCCl. The molecule has 0 aromatic heterocycles. The van der Waals surface area contributed by atoms with Crippen molar-refractivity contribution >= 4 is 35.0 Å². The van der Waals surface area contributed by atoms with Crippen LogP contribution < -0.4 is 5.73 Å². The summed E-state index contributed by atoms with van der Waals surface area (Å²) >= 11 is 10.4. The van der Waals surface area contributed by atoms with E-state index >= 15 is 0 Å². The molecular formula is C28H56Cl2N2O2. The molecule has 4 nitrogen and oxygen atoms in total. The van der Waals surface area contributed by atoms with Crippen LogP contribution in [0.25, 0.3) is 0 Å². The van der Waals surface area contributed by atoms with Crippen molar-refractivity contribution in [2.24, 2.45) is 5.73 Å². The van der Waals surface area contributed by atoms with Crippen molar-refractivity contribution in [2.45, 2.75) is 142 Å². The lowest BCUT2D eigenvalue weighted by Gasteiger charge is -2.12. The molecule has 1 rings (SSSR count). The van der Waals surface area contributed by atoms with Crippen molar-refractivity contribution in [3.05, 3.63) is 0 Å². The molecule has 1 fully saturated rings. The number of nitrogens with two attached hydrogens (primary N) is 1. The van der Waals surface area contributed by atoms with Crippen molar-refractivity contribution < 1.29 is 9.59 Å². The number of hydrogen-bond acceptors (Lipinski definition) is 2. The summed E-state index contributed by atoms with van der Waals surface area (Å²) in [6, 6.07) is 0. The second-order valence-corrected chi connectivity index (χ2v) is 10.1. The molecule has 0 aromatic rings. The first kappa shape index (κ1) is 35.7. The lowest BCUT2D eigenvalue weighted by atomic mass is 10.0. The van der Waals surface area contributed by atoms with E-state index in [0.29, 0.717) is 24.1 Å². The van der Waals surface area contributed by atoms with E-state index in [2.05, 4.69) is 13.8 Å². The smallest absolute Gasteiger partial charge is 0.222 e. The number of unbranched alkanes of at least 4 members (excludes halogenated alkanes) is 14. The van der Waals surface area contributed by atoms with Gasteiger partial charge in [0.25, 0.3) is 0 Å². The number of halogens is 2. The van der Waals surface area contributed by atoms with Crippen molar-refractivity contribution in [3.8, 4) is 0 Å². The molecule has 2 N–H and O–H groups in total. The van der Waals surface area contributed by atoms with E-state index in [1.54, 1.807) is 0 Å². The van der Waals surface area contributed by atoms with Crippen LogP contribution in [0.3, 0.4) is 0 Å². The van der Waals surface area contributed by atoms with Crippen molar-refractivity contribution in [1.82, 2.24) is 4.90 Å². The lowest BCUT2D eigenvalue weighted by Crippen LogP contribution is -2.24. The van der Waals surface area contributed by atoms with Gasteiger partial charge < -0.3 is 10.6 Å². The van der Waals surface area contributed by atoms with Gasteiger partial charge in [-0.3, -0.25) is 9.59 Å². The van der Waals surface area contributed by atoms with Gasteiger partial charge in [0.1, 0.15) is 0 Å². The molecule has 0 aromatic carbocycles. The van der Waals surface area contributed by atoms with Crippen LogP contribution in [0.1, 0.15) is 142 Å². The maximum absolute atomic E-state index is 10.9. The molecule has 204 valence electrons. The molecule has 1 saturated heterocycles. The highest BCUT2D eigenvalue weighted by Crippen LogP contribution is 2.13. The van der Waals surface area contributed by atoms with Crippen LogP contribution in [0.5, 0.6) is 0 Å². The minimum Gasteiger partial charge on any atom is -0.370 e. The number of carbonyl (C=O) groups is 2. The largest absolute Gasteiger partial charge is 0.370 e. The minimum absolute atomic E-state index is 0.153. The molecule has 0 aliphatic carbocycles. The van der Waals surface area contributed by atoms with E-state index in [4.69, 9.17) is 28.9 Å². The summed E-state index contributed by atoms with van der Waals surface area (Å²) < 4.78 is 0. The fraction of sp³-hybridized carbons (Fsp3) is 0.929. The maximum atomic E-state index is 10.9. The van der Waals surface area contributed by atoms with Gasteiger partial charge in [0.05, 0.1) is 0 Å². The molecule has 0 bridgehead atoms. The zero-order valence-electron chi connectivity index (χ0n) is 22.6. The van der Waals surface area contributed by atoms with Gasteiger partial charge in [-0.05, 0) is 25.7 Å². The Labute approximate surface area is 222 Å². The zero-order valence-corrected chi connectivity index (χ0v) is 24.1. The number of alkyl halides is 2. The molecule has 0 unspecified atom stereocenters. The molecular weight excluding hydrogens is 467 g/mol. The standard InChI is InChI=1S/C18H37NO.C7H13NO.C3H6Cl2/c1-2-3-4-5-6-7-8-9-10-11-12-13-14-15-16-17-18(19)20;1-2-5-8-6-3-4-7(8)9;4-2-1-3-5/h2-17H2,1H3,(H2,19,20);2-6H2,1H3;1-3H2. The van der Waals surface area contributed by atoms with E-state index in [1.807, 2.05) is 4.90 Å². The summed E-state index contributed by atoms with van der Waals surface area (Å²) in [5, 5.41) is 0. The Morgan fingerprint density at radius 3 is 1.47 bits per heavy atom. The topological polar surface area (TPSA) is 63.4 Å². The average Bonchev–Trinajstić information content (AvgIpc) is 3.22. The average molecular weight is 524 g/mol. The molecule has 0 atom stereocenters. The quantitative estimate of drug-likeness (QED) is 0.128. The third kappa shape index (κ3) is 29.6. The fourth-order valence-electron chi connectivity index (χ4n) is 3.93. The predicted molar refractivity (Wildman–Crippen MR) is 151 cm³/mol. The van der Waals surface area contributed by atoms with Gasteiger partial charge in [-0.1, -0.05) is 104 Å². The molecule has 0 spiro atoms. The Balaban J connectivity index is 0. The number of amides is 2. The van der Waals surface area contributed by atoms with E-state index in [1.165, 1.54) is 89.9 Å². The summed E-state index contributed by atoms with van der Waals surface area (Å²) in [5.41, 5.74) is 5.11. The Kier molecular flexibility index (Phi) is 32.1. The summed E-state index contributed by atoms with van der Waals surface area (Å²) in [5.74, 6) is 1.56. The number of carbonyl (C=O) groups excluding carboxylic acids is 2.